The first-order valence-electron chi connectivity index (χ1n) is 9.73. The van der Waals surface area contributed by atoms with Crippen LogP contribution in [0.2, 0.25) is 0 Å². The summed E-state index contributed by atoms with van der Waals surface area (Å²) in [6.45, 7) is 0. The van der Waals surface area contributed by atoms with Crippen molar-refractivity contribution in [3.05, 3.63) is 82.9 Å². The largest absolute Gasteiger partial charge is 0.497 e. The summed E-state index contributed by atoms with van der Waals surface area (Å²) in [5.74, 6) is 1.37. The molecule has 0 atom stereocenters. The van der Waals surface area contributed by atoms with Gasteiger partial charge in [-0.25, -0.2) is 4.98 Å². The van der Waals surface area contributed by atoms with E-state index in [9.17, 15) is 9.59 Å². The van der Waals surface area contributed by atoms with E-state index >= 15 is 0 Å². The fourth-order valence-corrected chi connectivity index (χ4v) is 3.30. The van der Waals surface area contributed by atoms with E-state index in [0.29, 0.717) is 45.1 Å². The van der Waals surface area contributed by atoms with Gasteiger partial charge >= 0.3 is 0 Å². The molecule has 0 spiro atoms. The first-order chi connectivity index (χ1) is 15.5. The van der Waals surface area contributed by atoms with Gasteiger partial charge in [0.1, 0.15) is 23.6 Å². The van der Waals surface area contributed by atoms with Crippen LogP contribution in [0, 0.1) is 0 Å². The number of rotatable bonds is 6. The Morgan fingerprint density at radius 2 is 1.69 bits per heavy atom. The third-order valence-electron chi connectivity index (χ3n) is 5.01. The standard InChI is InChI=1S/C24H21N3O5/c1-30-17-6-4-5-16(12-17)27-14-25-21-11-15(7-9-19(21)24(27)29)23(28)26-20-10-8-18(31-2)13-22(20)32-3/h4-14H,1-3H3,(H,26,28). The Balaban J connectivity index is 1.66. The van der Waals surface area contributed by atoms with E-state index in [2.05, 4.69) is 10.3 Å². The summed E-state index contributed by atoms with van der Waals surface area (Å²) in [6, 6.07) is 17.0. The topological polar surface area (TPSA) is 91.7 Å². The molecule has 0 aliphatic heterocycles. The van der Waals surface area contributed by atoms with E-state index in [1.54, 1.807) is 74.9 Å². The fraction of sp³-hybridized carbons (Fsp3) is 0.125. The molecule has 0 unspecified atom stereocenters. The van der Waals surface area contributed by atoms with Crippen molar-refractivity contribution in [3.8, 4) is 22.9 Å². The summed E-state index contributed by atoms with van der Waals surface area (Å²) >= 11 is 0. The highest BCUT2D eigenvalue weighted by Gasteiger charge is 2.13. The number of hydrogen-bond donors (Lipinski definition) is 1. The summed E-state index contributed by atoms with van der Waals surface area (Å²) in [6.07, 6.45) is 1.44. The molecule has 0 radical (unpaired) electrons. The molecule has 4 rings (SSSR count). The molecule has 0 aliphatic rings. The van der Waals surface area contributed by atoms with Crippen LogP contribution in [-0.2, 0) is 0 Å². The van der Waals surface area contributed by atoms with Crippen LogP contribution < -0.4 is 25.1 Å². The average Bonchev–Trinajstić information content (AvgIpc) is 2.84. The second-order valence-corrected chi connectivity index (χ2v) is 6.87. The van der Waals surface area contributed by atoms with Gasteiger partial charge in [0.2, 0.25) is 0 Å². The highest BCUT2D eigenvalue weighted by atomic mass is 16.5. The average molecular weight is 431 g/mol. The van der Waals surface area contributed by atoms with Gasteiger partial charge in [-0.1, -0.05) is 6.07 Å². The normalized spacial score (nSPS) is 10.6. The molecule has 1 heterocycles. The molecule has 32 heavy (non-hydrogen) atoms. The van der Waals surface area contributed by atoms with Crippen molar-refractivity contribution in [2.75, 3.05) is 26.6 Å². The minimum atomic E-state index is -0.353. The van der Waals surface area contributed by atoms with Gasteiger partial charge in [0.05, 0.1) is 43.6 Å². The molecule has 162 valence electrons. The number of anilines is 1. The number of aromatic nitrogens is 2. The zero-order valence-electron chi connectivity index (χ0n) is 17.8. The van der Waals surface area contributed by atoms with Gasteiger partial charge in [-0.05, 0) is 42.5 Å². The fourth-order valence-electron chi connectivity index (χ4n) is 3.30. The monoisotopic (exact) mass is 431 g/mol. The number of fused-ring (bicyclic) bond motifs is 1. The number of carbonyl (C=O) groups is 1. The van der Waals surface area contributed by atoms with Crippen molar-refractivity contribution in [2.24, 2.45) is 0 Å². The van der Waals surface area contributed by atoms with Gasteiger partial charge < -0.3 is 19.5 Å². The Labute approximate surface area is 184 Å². The lowest BCUT2D eigenvalue weighted by molar-refractivity contribution is 0.102. The molecular formula is C24H21N3O5. The van der Waals surface area contributed by atoms with Crippen LogP contribution >= 0.6 is 0 Å². The van der Waals surface area contributed by atoms with Gasteiger partial charge in [0.25, 0.3) is 11.5 Å². The molecule has 8 nitrogen and oxygen atoms in total. The van der Waals surface area contributed by atoms with Gasteiger partial charge in [0.15, 0.2) is 0 Å². The molecular weight excluding hydrogens is 410 g/mol. The van der Waals surface area contributed by atoms with E-state index in [4.69, 9.17) is 14.2 Å². The van der Waals surface area contributed by atoms with Gasteiger partial charge in [-0.15, -0.1) is 0 Å². The minimum Gasteiger partial charge on any atom is -0.497 e. The summed E-state index contributed by atoms with van der Waals surface area (Å²) in [5, 5.41) is 3.21. The third kappa shape index (κ3) is 3.98. The second-order valence-electron chi connectivity index (χ2n) is 6.87. The molecule has 4 aromatic rings. The smallest absolute Gasteiger partial charge is 0.265 e. The molecule has 1 amide bonds. The first-order valence-corrected chi connectivity index (χ1v) is 9.73. The summed E-state index contributed by atoms with van der Waals surface area (Å²) < 4.78 is 17.2. The Hall–Kier alpha value is -4.33. The third-order valence-corrected chi connectivity index (χ3v) is 5.01. The van der Waals surface area contributed by atoms with Crippen LogP contribution in [0.1, 0.15) is 10.4 Å². The molecule has 3 aromatic carbocycles. The number of nitrogens with zero attached hydrogens (tertiary/aromatic N) is 2. The van der Waals surface area contributed by atoms with Crippen molar-refractivity contribution in [3.63, 3.8) is 0 Å². The van der Waals surface area contributed by atoms with Crippen molar-refractivity contribution >= 4 is 22.5 Å². The number of ether oxygens (including phenoxy) is 3. The maximum Gasteiger partial charge on any atom is 0.265 e. The quantitative estimate of drug-likeness (QED) is 0.501. The maximum atomic E-state index is 13.0. The van der Waals surface area contributed by atoms with Crippen LogP contribution in [0.4, 0.5) is 5.69 Å². The highest BCUT2D eigenvalue weighted by molar-refractivity contribution is 6.06. The Bertz CT molecular complexity index is 1360. The number of methoxy groups -OCH3 is 3. The number of hydrogen-bond acceptors (Lipinski definition) is 6. The number of amides is 1. The summed E-state index contributed by atoms with van der Waals surface area (Å²) in [7, 11) is 4.63. The maximum absolute atomic E-state index is 13.0. The molecule has 0 saturated carbocycles. The molecule has 0 saturated heterocycles. The van der Waals surface area contributed by atoms with Crippen LogP contribution in [0.3, 0.4) is 0 Å². The van der Waals surface area contributed by atoms with Crippen molar-refractivity contribution in [1.29, 1.82) is 0 Å². The van der Waals surface area contributed by atoms with Crippen LogP contribution in [0.25, 0.3) is 16.6 Å². The minimum absolute atomic E-state index is 0.243. The zero-order chi connectivity index (χ0) is 22.7. The number of carbonyl (C=O) groups excluding carboxylic acids is 1. The predicted octanol–water partition coefficient (Wildman–Crippen LogP) is 3.66. The Morgan fingerprint density at radius 3 is 2.44 bits per heavy atom. The van der Waals surface area contributed by atoms with E-state index in [-0.39, 0.29) is 11.5 Å². The lowest BCUT2D eigenvalue weighted by atomic mass is 10.1. The van der Waals surface area contributed by atoms with E-state index in [1.807, 2.05) is 0 Å². The van der Waals surface area contributed by atoms with E-state index in [1.165, 1.54) is 18.0 Å². The molecule has 0 bridgehead atoms. The molecule has 1 N–H and O–H groups in total. The van der Waals surface area contributed by atoms with Crippen LogP contribution in [0.15, 0.2) is 71.8 Å². The molecule has 8 heteroatoms. The van der Waals surface area contributed by atoms with E-state index < -0.39 is 0 Å². The summed E-state index contributed by atoms with van der Waals surface area (Å²) in [5.41, 5.74) is 1.67. The molecule has 1 aromatic heterocycles. The van der Waals surface area contributed by atoms with Crippen LogP contribution in [0.5, 0.6) is 17.2 Å². The number of benzene rings is 3. The van der Waals surface area contributed by atoms with Gasteiger partial charge in [-0.2, -0.15) is 0 Å². The SMILES string of the molecule is COc1cccc(-n2cnc3cc(C(=O)Nc4ccc(OC)cc4OC)ccc3c2=O)c1. The van der Waals surface area contributed by atoms with Crippen LogP contribution in [-0.4, -0.2) is 36.8 Å². The lowest BCUT2D eigenvalue weighted by Gasteiger charge is -2.12. The molecule has 0 fully saturated rings. The van der Waals surface area contributed by atoms with Crippen molar-refractivity contribution < 1.29 is 19.0 Å². The van der Waals surface area contributed by atoms with Crippen molar-refractivity contribution in [2.45, 2.75) is 0 Å². The lowest BCUT2D eigenvalue weighted by Crippen LogP contribution is -2.19. The molecule has 0 aliphatic carbocycles. The van der Waals surface area contributed by atoms with Crippen molar-refractivity contribution in [1.82, 2.24) is 9.55 Å². The van der Waals surface area contributed by atoms with E-state index in [0.717, 1.165) is 0 Å². The predicted molar refractivity (Wildman–Crippen MR) is 121 cm³/mol. The van der Waals surface area contributed by atoms with Gasteiger partial charge in [0, 0.05) is 17.7 Å². The Morgan fingerprint density at radius 1 is 0.906 bits per heavy atom. The Kier molecular flexibility index (Phi) is 5.76. The van der Waals surface area contributed by atoms with Gasteiger partial charge in [-0.3, -0.25) is 14.2 Å². The second kappa shape index (κ2) is 8.81. The first kappa shape index (κ1) is 20.9. The highest BCUT2D eigenvalue weighted by Crippen LogP contribution is 2.29. The number of nitrogens with one attached hydrogen (secondary N) is 1. The zero-order valence-corrected chi connectivity index (χ0v) is 17.8. The summed E-state index contributed by atoms with van der Waals surface area (Å²) in [4.78, 5) is 30.2.